The van der Waals surface area contributed by atoms with Gasteiger partial charge >= 0.3 is 5.97 Å². The van der Waals surface area contributed by atoms with E-state index >= 15 is 0 Å². The molecule has 4 heteroatoms. The van der Waals surface area contributed by atoms with Gasteiger partial charge in [-0.1, -0.05) is 71.6 Å². The first-order chi connectivity index (χ1) is 15.1. The minimum Gasteiger partial charge on any atom is -0.459 e. The first-order valence-electron chi connectivity index (χ1n) is 12.7. The summed E-state index contributed by atoms with van der Waals surface area (Å²) in [4.78, 5) is 17.0. The standard InChI is InChI=1S/C27H42N2O2/c1-3-5-7-9-11-13-24-15-14-23(21-29-24)26(30)31-25-16-19-27(22-28,20-17-25)18-12-10-8-6-4-2/h14-15,21,25H,3-13,16-20H2,1-2H3. The Labute approximate surface area is 189 Å². The average Bonchev–Trinajstić information content (AvgIpc) is 2.80. The number of pyridine rings is 1. The van der Waals surface area contributed by atoms with Crippen LogP contribution in [0.2, 0.25) is 0 Å². The highest BCUT2D eigenvalue weighted by Crippen LogP contribution is 2.41. The van der Waals surface area contributed by atoms with Gasteiger partial charge in [0.25, 0.3) is 0 Å². The second-order valence-corrected chi connectivity index (χ2v) is 9.36. The van der Waals surface area contributed by atoms with Crippen LogP contribution in [-0.2, 0) is 11.2 Å². The fourth-order valence-electron chi connectivity index (χ4n) is 4.57. The molecule has 172 valence electrons. The summed E-state index contributed by atoms with van der Waals surface area (Å²) in [6.07, 6.45) is 19.2. The van der Waals surface area contributed by atoms with E-state index in [9.17, 15) is 10.1 Å². The van der Waals surface area contributed by atoms with Gasteiger partial charge in [-0.2, -0.15) is 5.26 Å². The third-order valence-corrected chi connectivity index (χ3v) is 6.76. The second kappa shape index (κ2) is 14.2. The molecular weight excluding hydrogens is 384 g/mol. The number of ether oxygens (including phenoxy) is 1. The predicted molar refractivity (Wildman–Crippen MR) is 126 cm³/mol. The van der Waals surface area contributed by atoms with Crippen molar-refractivity contribution in [1.82, 2.24) is 4.98 Å². The van der Waals surface area contributed by atoms with Crippen molar-refractivity contribution in [3.8, 4) is 6.07 Å². The first kappa shape index (κ1) is 25.4. The molecule has 1 aromatic rings. The molecule has 2 rings (SSSR count). The van der Waals surface area contributed by atoms with Gasteiger partial charge in [0.05, 0.1) is 17.0 Å². The van der Waals surface area contributed by atoms with Crippen molar-refractivity contribution >= 4 is 5.97 Å². The Hall–Kier alpha value is -1.89. The summed E-state index contributed by atoms with van der Waals surface area (Å²) in [5.41, 5.74) is 1.36. The molecule has 1 fully saturated rings. The summed E-state index contributed by atoms with van der Waals surface area (Å²) < 4.78 is 5.75. The van der Waals surface area contributed by atoms with Gasteiger partial charge < -0.3 is 4.74 Å². The summed E-state index contributed by atoms with van der Waals surface area (Å²) >= 11 is 0. The Morgan fingerprint density at radius 3 is 2.26 bits per heavy atom. The maximum absolute atomic E-state index is 12.5. The van der Waals surface area contributed by atoms with Gasteiger partial charge in [-0.15, -0.1) is 0 Å². The molecule has 0 amide bonds. The molecule has 1 aliphatic carbocycles. The first-order valence-corrected chi connectivity index (χ1v) is 12.7. The summed E-state index contributed by atoms with van der Waals surface area (Å²) in [7, 11) is 0. The number of aryl methyl sites for hydroxylation is 1. The molecule has 0 bridgehead atoms. The Balaban J connectivity index is 1.72. The SMILES string of the molecule is CCCCCCCc1ccc(C(=O)OC2CCC(C#N)(CCCCCCC)CC2)cn1. The number of carbonyl (C=O) groups excluding carboxylic acids is 1. The molecule has 0 saturated heterocycles. The zero-order chi connectivity index (χ0) is 22.4. The van der Waals surface area contributed by atoms with Gasteiger partial charge in [0.1, 0.15) is 6.10 Å². The Bertz CT molecular complexity index is 669. The van der Waals surface area contributed by atoms with Crippen LogP contribution in [0.1, 0.15) is 126 Å². The highest BCUT2D eigenvalue weighted by molar-refractivity contribution is 5.89. The largest absolute Gasteiger partial charge is 0.459 e. The Morgan fingerprint density at radius 1 is 1.03 bits per heavy atom. The van der Waals surface area contributed by atoms with E-state index in [0.717, 1.165) is 57.1 Å². The summed E-state index contributed by atoms with van der Waals surface area (Å²) in [6.45, 7) is 4.45. The van der Waals surface area contributed by atoms with Gasteiger partial charge in [0, 0.05) is 11.9 Å². The number of hydrogen-bond donors (Lipinski definition) is 0. The van der Waals surface area contributed by atoms with Crippen LogP contribution in [0.4, 0.5) is 0 Å². The van der Waals surface area contributed by atoms with Crippen LogP contribution in [0.5, 0.6) is 0 Å². The van der Waals surface area contributed by atoms with Crippen molar-refractivity contribution in [2.24, 2.45) is 5.41 Å². The minimum absolute atomic E-state index is 0.0766. The zero-order valence-corrected chi connectivity index (χ0v) is 19.8. The fraction of sp³-hybridized carbons (Fsp3) is 0.741. The van der Waals surface area contributed by atoms with Gasteiger partial charge in [-0.05, 0) is 57.1 Å². The molecule has 0 N–H and O–H groups in total. The van der Waals surface area contributed by atoms with Crippen LogP contribution < -0.4 is 0 Å². The minimum atomic E-state index is -0.281. The van der Waals surface area contributed by atoms with Crippen LogP contribution in [0.15, 0.2) is 18.3 Å². The molecule has 4 nitrogen and oxygen atoms in total. The molecule has 0 aromatic carbocycles. The van der Waals surface area contributed by atoms with Crippen molar-refractivity contribution in [3.63, 3.8) is 0 Å². The Kier molecular flexibility index (Phi) is 11.6. The van der Waals surface area contributed by atoms with Crippen LogP contribution in [-0.4, -0.2) is 17.1 Å². The summed E-state index contributed by atoms with van der Waals surface area (Å²) in [6, 6.07) is 6.40. The maximum Gasteiger partial charge on any atom is 0.339 e. The lowest BCUT2D eigenvalue weighted by atomic mass is 9.71. The van der Waals surface area contributed by atoms with Crippen LogP contribution in [0, 0.1) is 16.7 Å². The zero-order valence-electron chi connectivity index (χ0n) is 19.8. The number of rotatable bonds is 14. The maximum atomic E-state index is 12.5. The van der Waals surface area contributed by atoms with Crippen molar-refractivity contribution in [2.45, 2.75) is 123 Å². The molecule has 0 spiro atoms. The van der Waals surface area contributed by atoms with Crippen molar-refractivity contribution < 1.29 is 9.53 Å². The lowest BCUT2D eigenvalue weighted by molar-refractivity contribution is 0.0104. The molecule has 0 radical (unpaired) electrons. The van der Waals surface area contributed by atoms with Gasteiger partial charge in [0.15, 0.2) is 0 Å². The van der Waals surface area contributed by atoms with E-state index in [1.165, 1.54) is 51.4 Å². The highest BCUT2D eigenvalue weighted by Gasteiger charge is 2.36. The van der Waals surface area contributed by atoms with Gasteiger partial charge in [-0.25, -0.2) is 4.79 Å². The van der Waals surface area contributed by atoms with E-state index < -0.39 is 0 Å². The summed E-state index contributed by atoms with van der Waals surface area (Å²) in [5.74, 6) is -0.281. The molecule has 31 heavy (non-hydrogen) atoms. The smallest absolute Gasteiger partial charge is 0.339 e. The van der Waals surface area contributed by atoms with Crippen LogP contribution >= 0.6 is 0 Å². The fourth-order valence-corrected chi connectivity index (χ4v) is 4.57. The molecule has 1 heterocycles. The molecular formula is C27H42N2O2. The molecule has 0 aliphatic heterocycles. The van der Waals surface area contributed by atoms with E-state index in [2.05, 4.69) is 24.9 Å². The molecule has 1 aromatic heterocycles. The lowest BCUT2D eigenvalue weighted by Crippen LogP contribution is -2.31. The van der Waals surface area contributed by atoms with E-state index in [1.807, 2.05) is 12.1 Å². The lowest BCUT2D eigenvalue weighted by Gasteiger charge is -2.34. The van der Waals surface area contributed by atoms with Crippen molar-refractivity contribution in [2.75, 3.05) is 0 Å². The van der Waals surface area contributed by atoms with Gasteiger partial charge in [0.2, 0.25) is 0 Å². The predicted octanol–water partition coefficient (Wildman–Crippen LogP) is 7.56. The molecule has 1 saturated carbocycles. The van der Waals surface area contributed by atoms with E-state index in [1.54, 1.807) is 6.20 Å². The van der Waals surface area contributed by atoms with Crippen molar-refractivity contribution in [3.05, 3.63) is 29.6 Å². The quantitative estimate of drug-likeness (QED) is 0.227. The monoisotopic (exact) mass is 426 g/mol. The van der Waals surface area contributed by atoms with E-state index in [4.69, 9.17) is 4.74 Å². The second-order valence-electron chi connectivity index (χ2n) is 9.36. The number of esters is 1. The Morgan fingerprint density at radius 2 is 1.68 bits per heavy atom. The van der Waals surface area contributed by atoms with Gasteiger partial charge in [-0.3, -0.25) is 4.98 Å². The van der Waals surface area contributed by atoms with Crippen LogP contribution in [0.3, 0.4) is 0 Å². The summed E-state index contributed by atoms with van der Waals surface area (Å²) in [5, 5.41) is 9.75. The van der Waals surface area contributed by atoms with E-state index in [0.29, 0.717) is 5.56 Å². The number of hydrogen-bond acceptors (Lipinski definition) is 4. The molecule has 0 atom stereocenters. The number of nitriles is 1. The number of nitrogens with zero attached hydrogens (tertiary/aromatic N) is 2. The highest BCUT2D eigenvalue weighted by atomic mass is 16.5. The van der Waals surface area contributed by atoms with E-state index in [-0.39, 0.29) is 17.5 Å². The number of aromatic nitrogens is 1. The number of carbonyl (C=O) groups is 1. The molecule has 1 aliphatic rings. The van der Waals surface area contributed by atoms with Crippen LogP contribution in [0.25, 0.3) is 0 Å². The van der Waals surface area contributed by atoms with Crippen molar-refractivity contribution in [1.29, 1.82) is 5.26 Å². The topological polar surface area (TPSA) is 63.0 Å². The third kappa shape index (κ3) is 9.01. The number of unbranched alkanes of at least 4 members (excludes halogenated alkanes) is 8. The molecule has 0 unspecified atom stereocenters. The third-order valence-electron chi connectivity index (χ3n) is 6.76. The average molecular weight is 427 g/mol. The normalized spacial score (nSPS) is 20.9.